The first-order chi connectivity index (χ1) is 9.74. The second-order valence-electron chi connectivity index (χ2n) is 6.26. The molecule has 1 saturated heterocycles. The van der Waals surface area contributed by atoms with Crippen LogP contribution in [0.2, 0.25) is 0 Å². The number of halogens is 1. The molecule has 0 bridgehead atoms. The van der Waals surface area contributed by atoms with Crippen molar-refractivity contribution < 1.29 is 5.11 Å². The van der Waals surface area contributed by atoms with Crippen LogP contribution in [0, 0.1) is 5.92 Å². The third-order valence-electron chi connectivity index (χ3n) is 4.93. The highest BCUT2D eigenvalue weighted by Crippen LogP contribution is 2.35. The molecular weight excluding hydrogens is 334 g/mol. The monoisotopic (exact) mass is 357 g/mol. The van der Waals surface area contributed by atoms with Crippen LogP contribution in [-0.4, -0.2) is 28.7 Å². The van der Waals surface area contributed by atoms with Gasteiger partial charge >= 0.3 is 0 Å². The Hall–Kier alpha value is 0.1000. The molecule has 3 atom stereocenters. The van der Waals surface area contributed by atoms with Crippen molar-refractivity contribution in [2.24, 2.45) is 5.92 Å². The average molecular weight is 358 g/mol. The predicted molar refractivity (Wildman–Crippen MR) is 88.0 cm³/mol. The molecule has 1 N–H and O–H groups in total. The topological polar surface area (TPSA) is 23.5 Å². The number of hydrogen-bond acceptors (Lipinski definition) is 3. The average Bonchev–Trinajstić information content (AvgIpc) is 2.86. The highest BCUT2D eigenvalue weighted by atomic mass is 79.9. The number of aliphatic hydroxyl groups excluding tert-OH is 1. The SMILES string of the molecule is OC1CCCCC1C1CCCCN1Cc1ccc(Br)s1. The molecule has 1 aromatic rings. The number of nitrogens with zero attached hydrogens (tertiary/aromatic N) is 1. The molecule has 2 fully saturated rings. The summed E-state index contributed by atoms with van der Waals surface area (Å²) < 4.78 is 1.22. The summed E-state index contributed by atoms with van der Waals surface area (Å²) in [6, 6.07) is 4.98. The van der Waals surface area contributed by atoms with Crippen LogP contribution in [-0.2, 0) is 6.54 Å². The van der Waals surface area contributed by atoms with Crippen LogP contribution in [0.5, 0.6) is 0 Å². The highest BCUT2D eigenvalue weighted by Gasteiger charge is 2.35. The lowest BCUT2D eigenvalue weighted by Crippen LogP contribution is -2.48. The Bertz CT molecular complexity index is 436. The summed E-state index contributed by atoms with van der Waals surface area (Å²) in [5.74, 6) is 0.507. The molecule has 20 heavy (non-hydrogen) atoms. The molecule has 2 nitrogen and oxygen atoms in total. The van der Waals surface area contributed by atoms with Gasteiger partial charge in [-0.15, -0.1) is 11.3 Å². The number of aliphatic hydroxyl groups is 1. The number of likely N-dealkylation sites (tertiary alicyclic amines) is 1. The molecule has 0 amide bonds. The smallest absolute Gasteiger partial charge is 0.0701 e. The van der Waals surface area contributed by atoms with E-state index in [1.807, 2.05) is 11.3 Å². The number of rotatable bonds is 3. The quantitative estimate of drug-likeness (QED) is 0.865. The van der Waals surface area contributed by atoms with Crippen LogP contribution >= 0.6 is 27.3 Å². The minimum atomic E-state index is -0.0654. The minimum absolute atomic E-state index is 0.0654. The van der Waals surface area contributed by atoms with Crippen molar-refractivity contribution in [2.75, 3.05) is 6.54 Å². The van der Waals surface area contributed by atoms with E-state index in [-0.39, 0.29) is 6.10 Å². The van der Waals surface area contributed by atoms with Gasteiger partial charge in [-0.25, -0.2) is 0 Å². The number of piperidine rings is 1. The summed E-state index contributed by atoms with van der Waals surface area (Å²) in [5, 5.41) is 10.4. The molecule has 3 rings (SSSR count). The second-order valence-corrected chi connectivity index (χ2v) is 8.80. The molecule has 0 spiro atoms. The van der Waals surface area contributed by atoms with Gasteiger partial charge in [0.15, 0.2) is 0 Å². The van der Waals surface area contributed by atoms with Gasteiger partial charge < -0.3 is 5.11 Å². The Morgan fingerprint density at radius 3 is 2.70 bits per heavy atom. The van der Waals surface area contributed by atoms with Gasteiger partial charge in [0.05, 0.1) is 9.89 Å². The van der Waals surface area contributed by atoms with Crippen molar-refractivity contribution in [3.05, 3.63) is 20.8 Å². The molecular formula is C16H24BrNOS. The first kappa shape index (κ1) is 15.0. The zero-order chi connectivity index (χ0) is 13.9. The van der Waals surface area contributed by atoms with Crippen molar-refractivity contribution in [1.29, 1.82) is 0 Å². The van der Waals surface area contributed by atoms with Gasteiger partial charge in [0, 0.05) is 23.4 Å². The van der Waals surface area contributed by atoms with Crippen LogP contribution in [0.3, 0.4) is 0 Å². The molecule has 0 radical (unpaired) electrons. The maximum Gasteiger partial charge on any atom is 0.0701 e. The Kier molecular flexibility index (Phi) is 5.18. The van der Waals surface area contributed by atoms with E-state index in [0.29, 0.717) is 12.0 Å². The molecule has 1 aromatic heterocycles. The molecule has 2 aliphatic rings. The molecule has 1 aliphatic carbocycles. The fourth-order valence-electron chi connectivity index (χ4n) is 3.92. The standard InChI is InChI=1S/C16H24BrNOS/c17-16-9-8-12(20-16)11-18-10-4-3-6-14(18)13-5-1-2-7-15(13)19/h8-9,13-15,19H,1-7,10-11H2. The molecule has 1 aliphatic heterocycles. The van der Waals surface area contributed by atoms with Crippen LogP contribution in [0.1, 0.15) is 49.8 Å². The van der Waals surface area contributed by atoms with Crippen molar-refractivity contribution in [3.63, 3.8) is 0 Å². The van der Waals surface area contributed by atoms with Crippen LogP contribution in [0.25, 0.3) is 0 Å². The summed E-state index contributed by atoms with van der Waals surface area (Å²) in [7, 11) is 0. The van der Waals surface area contributed by atoms with Crippen molar-refractivity contribution in [3.8, 4) is 0 Å². The van der Waals surface area contributed by atoms with Gasteiger partial charge in [0.25, 0.3) is 0 Å². The fourth-order valence-corrected chi connectivity index (χ4v) is 5.43. The van der Waals surface area contributed by atoms with E-state index < -0.39 is 0 Å². The lowest BCUT2D eigenvalue weighted by atomic mass is 9.78. The molecule has 4 heteroatoms. The summed E-state index contributed by atoms with van der Waals surface area (Å²) >= 11 is 5.40. The highest BCUT2D eigenvalue weighted by molar-refractivity contribution is 9.11. The van der Waals surface area contributed by atoms with Gasteiger partial charge in [-0.2, -0.15) is 0 Å². The van der Waals surface area contributed by atoms with Gasteiger partial charge in [0.2, 0.25) is 0 Å². The molecule has 2 heterocycles. The number of thiophene rings is 1. The summed E-state index contributed by atoms with van der Waals surface area (Å²) in [5.41, 5.74) is 0. The molecule has 112 valence electrons. The third kappa shape index (κ3) is 3.46. The third-order valence-corrected chi connectivity index (χ3v) is 6.54. The summed E-state index contributed by atoms with van der Waals surface area (Å²) in [6.45, 7) is 2.26. The lowest BCUT2D eigenvalue weighted by Gasteiger charge is -2.43. The fraction of sp³-hybridized carbons (Fsp3) is 0.750. The molecule has 1 saturated carbocycles. The first-order valence-corrected chi connectivity index (χ1v) is 9.51. The van der Waals surface area contributed by atoms with E-state index in [1.165, 1.54) is 53.7 Å². The van der Waals surface area contributed by atoms with Crippen molar-refractivity contribution in [2.45, 2.75) is 63.6 Å². The van der Waals surface area contributed by atoms with Gasteiger partial charge in [-0.1, -0.05) is 19.3 Å². The van der Waals surface area contributed by atoms with E-state index in [9.17, 15) is 5.11 Å². The van der Waals surface area contributed by atoms with Crippen molar-refractivity contribution in [1.82, 2.24) is 4.90 Å². The van der Waals surface area contributed by atoms with E-state index in [1.54, 1.807) is 0 Å². The van der Waals surface area contributed by atoms with Crippen LogP contribution in [0.4, 0.5) is 0 Å². The van der Waals surface area contributed by atoms with E-state index in [4.69, 9.17) is 0 Å². The Morgan fingerprint density at radius 2 is 1.95 bits per heavy atom. The van der Waals surface area contributed by atoms with Gasteiger partial charge in [-0.3, -0.25) is 4.90 Å². The van der Waals surface area contributed by atoms with Gasteiger partial charge in [0.1, 0.15) is 0 Å². The van der Waals surface area contributed by atoms with E-state index in [0.717, 1.165) is 13.0 Å². The zero-order valence-corrected chi connectivity index (χ0v) is 14.3. The summed E-state index contributed by atoms with van der Waals surface area (Å²) in [6.07, 6.45) is 8.59. The largest absolute Gasteiger partial charge is 0.393 e. The first-order valence-electron chi connectivity index (χ1n) is 7.90. The van der Waals surface area contributed by atoms with Crippen LogP contribution in [0.15, 0.2) is 15.9 Å². The molecule has 0 aromatic carbocycles. The Labute approximate surface area is 134 Å². The maximum absolute atomic E-state index is 10.4. The van der Waals surface area contributed by atoms with Crippen LogP contribution < -0.4 is 0 Å². The maximum atomic E-state index is 10.4. The van der Waals surface area contributed by atoms with Crippen molar-refractivity contribution >= 4 is 27.3 Å². The van der Waals surface area contributed by atoms with Gasteiger partial charge in [-0.05, 0) is 60.3 Å². The van der Waals surface area contributed by atoms with E-state index in [2.05, 4.69) is 33.0 Å². The number of hydrogen-bond donors (Lipinski definition) is 1. The minimum Gasteiger partial charge on any atom is -0.393 e. The second kappa shape index (κ2) is 6.91. The lowest BCUT2D eigenvalue weighted by molar-refractivity contribution is -0.00827. The van der Waals surface area contributed by atoms with E-state index >= 15 is 0 Å². The Balaban J connectivity index is 1.69. The summed E-state index contributed by atoms with van der Waals surface area (Å²) in [4.78, 5) is 4.08. The normalized spacial score (nSPS) is 32.4. The Morgan fingerprint density at radius 1 is 1.15 bits per heavy atom. The molecule has 3 unspecified atom stereocenters. The predicted octanol–water partition coefficient (Wildman–Crippen LogP) is 4.42. The zero-order valence-electron chi connectivity index (χ0n) is 11.9.